The molecular formula is C21H23ClN4OS. The fourth-order valence-corrected chi connectivity index (χ4v) is 4.07. The topological polar surface area (TPSA) is 60.2 Å². The van der Waals surface area contributed by atoms with Gasteiger partial charge in [-0.25, -0.2) is 4.98 Å². The number of hydrogen-bond acceptors (Lipinski definition) is 5. The number of rotatable bonds is 5. The average Bonchev–Trinajstić information content (AvgIpc) is 3.05. The minimum Gasteiger partial charge on any atom is -0.308 e. The van der Waals surface area contributed by atoms with Crippen molar-refractivity contribution >= 4 is 45.0 Å². The summed E-state index contributed by atoms with van der Waals surface area (Å²) in [5.41, 5.74) is 4.35. The summed E-state index contributed by atoms with van der Waals surface area (Å²) in [6, 6.07) is 13.0. The van der Waals surface area contributed by atoms with Crippen molar-refractivity contribution in [1.82, 2.24) is 9.88 Å². The van der Waals surface area contributed by atoms with Crippen LogP contribution in [0.15, 0.2) is 36.4 Å². The minimum absolute atomic E-state index is 0. The van der Waals surface area contributed by atoms with Crippen LogP contribution in [0, 0.1) is 25.2 Å². The molecule has 0 unspecified atom stereocenters. The van der Waals surface area contributed by atoms with Crippen LogP contribution in [0.5, 0.6) is 0 Å². The number of thiazole rings is 1. The average molecular weight is 415 g/mol. The molecule has 7 heteroatoms. The third-order valence-corrected chi connectivity index (χ3v) is 5.35. The third kappa shape index (κ3) is 4.68. The summed E-state index contributed by atoms with van der Waals surface area (Å²) in [6.07, 6.45) is 0. The van der Waals surface area contributed by atoms with Crippen LogP contribution >= 0.6 is 23.7 Å². The van der Waals surface area contributed by atoms with Crippen molar-refractivity contribution in [3.8, 4) is 6.07 Å². The molecule has 0 spiro atoms. The van der Waals surface area contributed by atoms with E-state index in [2.05, 4.69) is 25.1 Å². The maximum absolute atomic E-state index is 13.2. The molecule has 0 saturated carbocycles. The van der Waals surface area contributed by atoms with Gasteiger partial charge in [-0.1, -0.05) is 17.4 Å². The molecular weight excluding hydrogens is 392 g/mol. The van der Waals surface area contributed by atoms with Crippen molar-refractivity contribution in [2.24, 2.45) is 0 Å². The van der Waals surface area contributed by atoms with Crippen LogP contribution in [0.25, 0.3) is 10.2 Å². The first kappa shape index (κ1) is 21.8. The molecule has 146 valence electrons. The molecule has 1 aromatic heterocycles. The van der Waals surface area contributed by atoms with E-state index in [9.17, 15) is 4.79 Å². The molecule has 0 aliphatic rings. The Morgan fingerprint density at radius 2 is 1.82 bits per heavy atom. The van der Waals surface area contributed by atoms with Crippen molar-refractivity contribution in [1.29, 1.82) is 5.26 Å². The van der Waals surface area contributed by atoms with Gasteiger partial charge >= 0.3 is 0 Å². The number of aromatic nitrogens is 1. The Bertz CT molecular complexity index is 1020. The lowest BCUT2D eigenvalue weighted by molar-refractivity contribution is 0.0985. The third-order valence-electron chi connectivity index (χ3n) is 4.33. The lowest BCUT2D eigenvalue weighted by Crippen LogP contribution is -2.36. The number of benzene rings is 2. The fraction of sp³-hybridized carbons (Fsp3) is 0.286. The van der Waals surface area contributed by atoms with Gasteiger partial charge in [-0.3, -0.25) is 9.69 Å². The zero-order valence-electron chi connectivity index (χ0n) is 16.4. The number of anilines is 1. The smallest absolute Gasteiger partial charge is 0.260 e. The normalized spacial score (nSPS) is 10.6. The fourth-order valence-electron chi connectivity index (χ4n) is 2.90. The highest BCUT2D eigenvalue weighted by Gasteiger charge is 2.22. The Balaban J connectivity index is 0.00000280. The van der Waals surface area contributed by atoms with Gasteiger partial charge in [-0.15, -0.1) is 12.4 Å². The monoisotopic (exact) mass is 414 g/mol. The van der Waals surface area contributed by atoms with Gasteiger partial charge in [0.05, 0.1) is 21.8 Å². The number of nitriles is 1. The number of fused-ring (bicyclic) bond motifs is 1. The largest absolute Gasteiger partial charge is 0.308 e. The molecule has 5 nitrogen and oxygen atoms in total. The lowest BCUT2D eigenvalue weighted by Gasteiger charge is -2.22. The summed E-state index contributed by atoms with van der Waals surface area (Å²) in [4.78, 5) is 21.7. The van der Waals surface area contributed by atoms with Gasteiger partial charge in [-0.05, 0) is 69.4 Å². The van der Waals surface area contributed by atoms with Gasteiger partial charge in [0.15, 0.2) is 5.13 Å². The Hall–Kier alpha value is -2.46. The molecule has 0 radical (unpaired) electrons. The van der Waals surface area contributed by atoms with Crippen LogP contribution in [0.3, 0.4) is 0 Å². The molecule has 0 bridgehead atoms. The van der Waals surface area contributed by atoms with E-state index in [4.69, 9.17) is 10.2 Å². The number of aryl methyl sites for hydroxylation is 2. The van der Waals surface area contributed by atoms with Crippen molar-refractivity contribution in [2.45, 2.75) is 13.8 Å². The molecule has 1 amide bonds. The van der Waals surface area contributed by atoms with Crippen LogP contribution < -0.4 is 4.90 Å². The van der Waals surface area contributed by atoms with E-state index in [-0.39, 0.29) is 18.3 Å². The molecule has 0 atom stereocenters. The second kappa shape index (κ2) is 9.16. The van der Waals surface area contributed by atoms with Gasteiger partial charge < -0.3 is 4.90 Å². The van der Waals surface area contributed by atoms with E-state index >= 15 is 0 Å². The number of carbonyl (C=O) groups is 1. The van der Waals surface area contributed by atoms with Crippen molar-refractivity contribution < 1.29 is 4.79 Å². The summed E-state index contributed by atoms with van der Waals surface area (Å²) in [7, 11) is 3.96. The Labute approximate surface area is 175 Å². The van der Waals surface area contributed by atoms with Crippen LogP contribution in [0.2, 0.25) is 0 Å². The maximum atomic E-state index is 13.2. The lowest BCUT2D eigenvalue weighted by atomic mass is 10.1. The summed E-state index contributed by atoms with van der Waals surface area (Å²) in [5.74, 6) is -0.102. The molecule has 0 saturated heterocycles. The highest BCUT2D eigenvalue weighted by Crippen LogP contribution is 2.32. The Kier molecular flexibility index (Phi) is 7.14. The van der Waals surface area contributed by atoms with Gasteiger partial charge in [0.2, 0.25) is 0 Å². The summed E-state index contributed by atoms with van der Waals surface area (Å²) in [6.45, 7) is 5.39. The molecule has 3 aromatic rings. The molecule has 1 heterocycles. The van der Waals surface area contributed by atoms with E-state index in [1.807, 2.05) is 25.9 Å². The zero-order chi connectivity index (χ0) is 19.6. The molecule has 28 heavy (non-hydrogen) atoms. The summed E-state index contributed by atoms with van der Waals surface area (Å²) in [5, 5.41) is 9.67. The van der Waals surface area contributed by atoms with Gasteiger partial charge in [0, 0.05) is 18.7 Å². The first-order valence-corrected chi connectivity index (χ1v) is 9.55. The first-order valence-electron chi connectivity index (χ1n) is 8.73. The number of halogens is 1. The SMILES string of the molecule is Cc1cc(C)c2nc(N(CCN(C)C)C(=O)c3ccc(C#N)cc3)sc2c1.Cl. The standard InChI is InChI=1S/C21H22N4OS.ClH/c1-14-11-15(2)19-18(12-14)27-21(23-19)25(10-9-24(3)4)20(26)17-7-5-16(13-22)6-8-17;/h5-8,11-12H,9-10H2,1-4H3;1H. The summed E-state index contributed by atoms with van der Waals surface area (Å²) >= 11 is 1.54. The molecule has 0 aliphatic carbocycles. The highest BCUT2D eigenvalue weighted by molar-refractivity contribution is 7.22. The van der Waals surface area contributed by atoms with Crippen LogP contribution in [0.4, 0.5) is 5.13 Å². The van der Waals surface area contributed by atoms with Crippen molar-refractivity contribution in [3.63, 3.8) is 0 Å². The van der Waals surface area contributed by atoms with Crippen LogP contribution in [-0.4, -0.2) is 43.0 Å². The van der Waals surface area contributed by atoms with Crippen LogP contribution in [0.1, 0.15) is 27.0 Å². The molecule has 0 aliphatic heterocycles. The molecule has 3 rings (SSSR count). The van der Waals surface area contributed by atoms with E-state index in [0.29, 0.717) is 22.8 Å². The van der Waals surface area contributed by atoms with Gasteiger partial charge in [0.25, 0.3) is 5.91 Å². The predicted octanol–water partition coefficient (Wildman–Crippen LogP) is 4.42. The molecule has 2 aromatic carbocycles. The summed E-state index contributed by atoms with van der Waals surface area (Å²) < 4.78 is 1.09. The number of carbonyl (C=O) groups excluding carboxylic acids is 1. The number of amides is 1. The van der Waals surface area contributed by atoms with E-state index < -0.39 is 0 Å². The van der Waals surface area contributed by atoms with Crippen LogP contribution in [-0.2, 0) is 0 Å². The number of nitrogens with zero attached hydrogens (tertiary/aromatic N) is 4. The molecule has 0 fully saturated rings. The van der Waals surface area contributed by atoms with Crippen molar-refractivity contribution in [2.75, 3.05) is 32.1 Å². The predicted molar refractivity (Wildman–Crippen MR) is 118 cm³/mol. The highest BCUT2D eigenvalue weighted by atomic mass is 35.5. The first-order chi connectivity index (χ1) is 12.9. The van der Waals surface area contributed by atoms with Gasteiger partial charge in [-0.2, -0.15) is 5.26 Å². The second-order valence-electron chi connectivity index (χ2n) is 6.87. The Morgan fingerprint density at radius 1 is 1.14 bits per heavy atom. The van der Waals surface area contributed by atoms with Crippen molar-refractivity contribution in [3.05, 3.63) is 58.7 Å². The number of likely N-dealkylation sites (N-methyl/N-ethyl adjacent to an activating group) is 1. The zero-order valence-corrected chi connectivity index (χ0v) is 18.0. The van der Waals surface area contributed by atoms with E-state index in [0.717, 1.165) is 22.3 Å². The Morgan fingerprint density at radius 3 is 2.43 bits per heavy atom. The number of hydrogen-bond donors (Lipinski definition) is 0. The van der Waals surface area contributed by atoms with Gasteiger partial charge in [0.1, 0.15) is 0 Å². The second-order valence-corrected chi connectivity index (χ2v) is 7.88. The maximum Gasteiger partial charge on any atom is 0.260 e. The quantitative estimate of drug-likeness (QED) is 0.620. The van der Waals surface area contributed by atoms with E-state index in [1.165, 1.54) is 16.9 Å². The molecule has 0 N–H and O–H groups in total. The minimum atomic E-state index is -0.102. The van der Waals surface area contributed by atoms with E-state index in [1.54, 1.807) is 29.2 Å².